The second kappa shape index (κ2) is 7.76. The van der Waals surface area contributed by atoms with E-state index in [1.54, 1.807) is 0 Å². The standard InChI is InChI=1S/C17H30N4/c1-5-7-16-10-15(12-18-6-2)11-17(19-16)21-9-8-20(4)14(3)13-21/h10-11,14,18H,5-9,12-13H2,1-4H3. The zero-order valence-electron chi connectivity index (χ0n) is 14.0. The first-order valence-corrected chi connectivity index (χ1v) is 8.29. The van der Waals surface area contributed by atoms with Gasteiger partial charge >= 0.3 is 0 Å². The molecule has 0 bridgehead atoms. The average molecular weight is 290 g/mol. The van der Waals surface area contributed by atoms with Crippen LogP contribution in [0.3, 0.4) is 0 Å². The Morgan fingerprint density at radius 1 is 1.29 bits per heavy atom. The minimum absolute atomic E-state index is 0.590. The number of aromatic nitrogens is 1. The topological polar surface area (TPSA) is 31.4 Å². The number of nitrogens with one attached hydrogen (secondary N) is 1. The molecule has 1 fully saturated rings. The quantitative estimate of drug-likeness (QED) is 0.871. The fourth-order valence-electron chi connectivity index (χ4n) is 2.81. The highest BCUT2D eigenvalue weighted by atomic mass is 15.3. The molecule has 1 N–H and O–H groups in total. The summed E-state index contributed by atoms with van der Waals surface area (Å²) in [5.74, 6) is 1.16. The van der Waals surface area contributed by atoms with Crippen LogP contribution in [0.5, 0.6) is 0 Å². The summed E-state index contributed by atoms with van der Waals surface area (Å²) in [4.78, 5) is 9.76. The third-order valence-electron chi connectivity index (χ3n) is 4.29. The maximum Gasteiger partial charge on any atom is 0.129 e. The SMILES string of the molecule is CCCc1cc(CNCC)cc(N2CCN(C)C(C)C2)n1. The van der Waals surface area contributed by atoms with Gasteiger partial charge < -0.3 is 15.1 Å². The van der Waals surface area contributed by atoms with Gasteiger partial charge in [0.05, 0.1) is 0 Å². The Kier molecular flexibility index (Phi) is 6.00. The van der Waals surface area contributed by atoms with Gasteiger partial charge in [0.1, 0.15) is 5.82 Å². The lowest BCUT2D eigenvalue weighted by atomic mass is 10.1. The molecule has 0 amide bonds. The van der Waals surface area contributed by atoms with Crippen molar-refractivity contribution in [3.8, 4) is 0 Å². The molecule has 0 aliphatic carbocycles. The van der Waals surface area contributed by atoms with Crippen LogP contribution in [0.25, 0.3) is 0 Å². The molecule has 0 radical (unpaired) electrons. The Bertz CT molecular complexity index is 446. The number of hydrogen-bond donors (Lipinski definition) is 1. The molecule has 0 aromatic carbocycles. The van der Waals surface area contributed by atoms with E-state index in [9.17, 15) is 0 Å². The molecule has 0 saturated carbocycles. The highest BCUT2D eigenvalue weighted by Crippen LogP contribution is 2.19. The van der Waals surface area contributed by atoms with Crippen LogP contribution in [0, 0.1) is 0 Å². The third-order valence-corrected chi connectivity index (χ3v) is 4.29. The van der Waals surface area contributed by atoms with E-state index in [2.05, 4.69) is 55.1 Å². The second-order valence-corrected chi connectivity index (χ2v) is 6.13. The molecule has 118 valence electrons. The predicted molar refractivity (Wildman–Crippen MR) is 89.9 cm³/mol. The summed E-state index contributed by atoms with van der Waals surface area (Å²) in [6, 6.07) is 5.11. The zero-order valence-corrected chi connectivity index (χ0v) is 14.0. The van der Waals surface area contributed by atoms with Gasteiger partial charge in [-0.3, -0.25) is 0 Å². The Hall–Kier alpha value is -1.13. The highest BCUT2D eigenvalue weighted by Gasteiger charge is 2.22. The Labute approximate surface area is 129 Å². The number of nitrogens with zero attached hydrogens (tertiary/aromatic N) is 3. The van der Waals surface area contributed by atoms with Gasteiger partial charge in [-0.25, -0.2) is 4.98 Å². The number of piperazine rings is 1. The van der Waals surface area contributed by atoms with Gasteiger partial charge in [-0.15, -0.1) is 0 Å². The fraction of sp³-hybridized carbons (Fsp3) is 0.706. The van der Waals surface area contributed by atoms with Crippen molar-refractivity contribution >= 4 is 5.82 Å². The molecule has 0 spiro atoms. The monoisotopic (exact) mass is 290 g/mol. The number of hydrogen-bond acceptors (Lipinski definition) is 4. The molecule has 4 nitrogen and oxygen atoms in total. The molecular weight excluding hydrogens is 260 g/mol. The van der Waals surface area contributed by atoms with Crippen molar-refractivity contribution in [2.75, 3.05) is 38.1 Å². The summed E-state index contributed by atoms with van der Waals surface area (Å²) in [6.07, 6.45) is 2.21. The molecule has 1 aliphatic heterocycles. The lowest BCUT2D eigenvalue weighted by Gasteiger charge is -2.38. The van der Waals surface area contributed by atoms with Crippen molar-refractivity contribution in [2.45, 2.75) is 46.2 Å². The smallest absolute Gasteiger partial charge is 0.129 e. The van der Waals surface area contributed by atoms with E-state index < -0.39 is 0 Å². The fourth-order valence-corrected chi connectivity index (χ4v) is 2.81. The van der Waals surface area contributed by atoms with Crippen molar-refractivity contribution in [3.05, 3.63) is 23.4 Å². The van der Waals surface area contributed by atoms with Crippen LogP contribution in [0.2, 0.25) is 0 Å². The Balaban J connectivity index is 2.18. The van der Waals surface area contributed by atoms with Crippen molar-refractivity contribution in [2.24, 2.45) is 0 Å². The largest absolute Gasteiger partial charge is 0.354 e. The number of anilines is 1. The van der Waals surface area contributed by atoms with Crippen molar-refractivity contribution in [3.63, 3.8) is 0 Å². The van der Waals surface area contributed by atoms with Crippen molar-refractivity contribution < 1.29 is 0 Å². The summed E-state index contributed by atoms with van der Waals surface area (Å²) in [7, 11) is 2.21. The van der Waals surface area contributed by atoms with Crippen LogP contribution in [-0.2, 0) is 13.0 Å². The van der Waals surface area contributed by atoms with Gasteiger partial charge in [-0.05, 0) is 44.6 Å². The van der Waals surface area contributed by atoms with Crippen LogP contribution < -0.4 is 10.2 Å². The molecular formula is C17H30N4. The molecule has 21 heavy (non-hydrogen) atoms. The molecule has 1 aromatic heterocycles. The Morgan fingerprint density at radius 2 is 2.10 bits per heavy atom. The number of rotatable bonds is 6. The molecule has 1 aromatic rings. The maximum absolute atomic E-state index is 4.89. The lowest BCUT2D eigenvalue weighted by molar-refractivity contribution is 0.233. The van der Waals surface area contributed by atoms with Crippen LogP contribution in [0.4, 0.5) is 5.82 Å². The zero-order chi connectivity index (χ0) is 15.2. The van der Waals surface area contributed by atoms with Gasteiger partial charge in [0.25, 0.3) is 0 Å². The average Bonchev–Trinajstić information content (AvgIpc) is 2.48. The number of aryl methyl sites for hydroxylation is 1. The van der Waals surface area contributed by atoms with E-state index in [1.807, 2.05) is 0 Å². The first-order chi connectivity index (χ1) is 10.1. The molecule has 1 saturated heterocycles. The van der Waals surface area contributed by atoms with E-state index in [0.717, 1.165) is 51.4 Å². The van der Waals surface area contributed by atoms with Gasteiger partial charge in [-0.2, -0.15) is 0 Å². The molecule has 2 heterocycles. The number of pyridine rings is 1. The number of likely N-dealkylation sites (N-methyl/N-ethyl adjacent to an activating group) is 1. The van der Waals surface area contributed by atoms with Crippen LogP contribution in [-0.4, -0.2) is 49.2 Å². The lowest BCUT2D eigenvalue weighted by Crippen LogP contribution is -2.50. The first-order valence-electron chi connectivity index (χ1n) is 8.29. The van der Waals surface area contributed by atoms with Crippen LogP contribution in [0.1, 0.15) is 38.4 Å². The van der Waals surface area contributed by atoms with Crippen molar-refractivity contribution in [1.82, 2.24) is 15.2 Å². The minimum atomic E-state index is 0.590. The van der Waals surface area contributed by atoms with Crippen LogP contribution in [0.15, 0.2) is 12.1 Å². The first kappa shape index (κ1) is 16.2. The molecule has 2 rings (SSSR count). The normalized spacial score (nSPS) is 20.0. The molecule has 1 unspecified atom stereocenters. The van der Waals surface area contributed by atoms with Gasteiger partial charge in [0.2, 0.25) is 0 Å². The van der Waals surface area contributed by atoms with Gasteiger partial charge in [-0.1, -0.05) is 20.3 Å². The summed E-state index contributed by atoms with van der Waals surface area (Å²) in [6.45, 7) is 11.9. The predicted octanol–water partition coefficient (Wildman–Crippen LogP) is 2.28. The van der Waals surface area contributed by atoms with Crippen molar-refractivity contribution in [1.29, 1.82) is 0 Å². The van der Waals surface area contributed by atoms with Crippen LogP contribution >= 0.6 is 0 Å². The summed E-state index contributed by atoms with van der Waals surface area (Å²) in [5, 5.41) is 3.43. The van der Waals surface area contributed by atoms with E-state index >= 15 is 0 Å². The minimum Gasteiger partial charge on any atom is -0.354 e. The second-order valence-electron chi connectivity index (χ2n) is 6.13. The maximum atomic E-state index is 4.89. The van der Waals surface area contributed by atoms with E-state index in [1.165, 1.54) is 11.3 Å². The van der Waals surface area contributed by atoms with E-state index in [4.69, 9.17) is 4.98 Å². The van der Waals surface area contributed by atoms with E-state index in [0.29, 0.717) is 6.04 Å². The van der Waals surface area contributed by atoms with Gasteiger partial charge in [0.15, 0.2) is 0 Å². The molecule has 4 heteroatoms. The van der Waals surface area contributed by atoms with Gasteiger partial charge in [0, 0.05) is 37.9 Å². The third kappa shape index (κ3) is 4.42. The highest BCUT2D eigenvalue weighted by molar-refractivity contribution is 5.43. The molecule has 1 aliphatic rings. The Morgan fingerprint density at radius 3 is 2.76 bits per heavy atom. The summed E-state index contributed by atoms with van der Waals surface area (Å²) >= 11 is 0. The summed E-state index contributed by atoms with van der Waals surface area (Å²) < 4.78 is 0. The van der Waals surface area contributed by atoms with E-state index in [-0.39, 0.29) is 0 Å². The molecule has 1 atom stereocenters. The summed E-state index contributed by atoms with van der Waals surface area (Å²) in [5.41, 5.74) is 2.59.